The van der Waals surface area contributed by atoms with Gasteiger partial charge in [-0.2, -0.15) is 0 Å². The van der Waals surface area contributed by atoms with Gasteiger partial charge in [0.15, 0.2) is 5.96 Å². The Bertz CT molecular complexity index is 628. The van der Waals surface area contributed by atoms with Crippen molar-refractivity contribution in [3.8, 4) is 0 Å². The number of hydrogen-bond donors (Lipinski definition) is 2. The number of halogens is 1. The van der Waals surface area contributed by atoms with E-state index < -0.39 is 5.60 Å². The molecule has 0 aromatic carbocycles. The number of likely N-dealkylation sites (N-methyl/N-ethyl adjacent to an activating group) is 1. The molecule has 2 atom stereocenters. The van der Waals surface area contributed by atoms with Crippen molar-refractivity contribution < 1.29 is 13.9 Å². The standard InChI is InChI=1S/C19H33N5O3.HI/c1-19(2,3)27-18(25)22-14-9-10-24(13-14)17(20-4)21-12-15(23(5)6)16-8-7-11-26-16;/h7-8,11,14-15H,9-10,12-13H2,1-6H3,(H,20,21)(H,22,25);1H. The lowest BCUT2D eigenvalue weighted by molar-refractivity contribution is 0.0507. The normalized spacial score (nSPS) is 18.6. The first-order valence-electron chi connectivity index (χ1n) is 9.34. The van der Waals surface area contributed by atoms with Gasteiger partial charge in [0.2, 0.25) is 0 Å². The third kappa shape index (κ3) is 7.50. The zero-order valence-corrected chi connectivity index (χ0v) is 20.0. The predicted octanol–water partition coefficient (Wildman–Crippen LogP) is 2.67. The van der Waals surface area contributed by atoms with E-state index >= 15 is 0 Å². The van der Waals surface area contributed by atoms with E-state index in [4.69, 9.17) is 9.15 Å². The van der Waals surface area contributed by atoms with Gasteiger partial charge in [-0.15, -0.1) is 24.0 Å². The second-order valence-corrected chi connectivity index (χ2v) is 8.00. The lowest BCUT2D eigenvalue weighted by atomic mass is 10.2. The maximum Gasteiger partial charge on any atom is 0.407 e. The summed E-state index contributed by atoms with van der Waals surface area (Å²) in [5, 5.41) is 6.36. The molecule has 0 aliphatic carbocycles. The molecule has 28 heavy (non-hydrogen) atoms. The van der Waals surface area contributed by atoms with Crippen LogP contribution in [0.5, 0.6) is 0 Å². The lowest BCUT2D eigenvalue weighted by Crippen LogP contribution is -2.45. The Kier molecular flexibility index (Phi) is 9.55. The second kappa shape index (κ2) is 10.9. The van der Waals surface area contributed by atoms with Gasteiger partial charge in [0.25, 0.3) is 0 Å². The number of furan rings is 1. The van der Waals surface area contributed by atoms with Gasteiger partial charge in [0.1, 0.15) is 11.4 Å². The van der Waals surface area contributed by atoms with E-state index in [9.17, 15) is 4.79 Å². The summed E-state index contributed by atoms with van der Waals surface area (Å²) in [6.45, 7) is 7.78. The molecule has 8 nitrogen and oxygen atoms in total. The molecule has 2 heterocycles. The fourth-order valence-corrected chi connectivity index (χ4v) is 3.08. The van der Waals surface area contributed by atoms with E-state index in [0.29, 0.717) is 13.1 Å². The molecule has 2 unspecified atom stereocenters. The minimum Gasteiger partial charge on any atom is -0.468 e. The maximum absolute atomic E-state index is 12.0. The van der Waals surface area contributed by atoms with Crippen LogP contribution in [0.1, 0.15) is 39.0 Å². The Morgan fingerprint density at radius 2 is 2.18 bits per heavy atom. The number of carbonyl (C=O) groups excluding carboxylic acids is 1. The molecular formula is C19H34IN5O3. The molecule has 9 heteroatoms. The van der Waals surface area contributed by atoms with Crippen LogP contribution in [0.25, 0.3) is 0 Å². The first kappa shape index (κ1) is 24.5. The van der Waals surface area contributed by atoms with Crippen LogP contribution in [0.15, 0.2) is 27.8 Å². The molecule has 2 rings (SSSR count). The van der Waals surface area contributed by atoms with E-state index in [0.717, 1.165) is 24.7 Å². The Morgan fingerprint density at radius 3 is 2.71 bits per heavy atom. The van der Waals surface area contributed by atoms with Crippen LogP contribution in [0.2, 0.25) is 0 Å². The highest BCUT2D eigenvalue weighted by atomic mass is 127. The molecule has 0 radical (unpaired) electrons. The second-order valence-electron chi connectivity index (χ2n) is 8.00. The Labute approximate surface area is 185 Å². The Hall–Kier alpha value is -1.49. The van der Waals surface area contributed by atoms with Gasteiger partial charge in [0.05, 0.1) is 18.3 Å². The van der Waals surface area contributed by atoms with E-state index in [2.05, 4.69) is 25.4 Å². The fourth-order valence-electron chi connectivity index (χ4n) is 3.08. The van der Waals surface area contributed by atoms with Crippen LogP contribution in [-0.4, -0.2) is 74.3 Å². The fraction of sp³-hybridized carbons (Fsp3) is 0.684. The number of carbonyl (C=O) groups is 1. The minimum absolute atomic E-state index is 0. The van der Waals surface area contributed by atoms with Crippen molar-refractivity contribution in [3.63, 3.8) is 0 Å². The third-order valence-electron chi connectivity index (χ3n) is 4.37. The van der Waals surface area contributed by atoms with E-state index in [-0.39, 0.29) is 42.2 Å². The summed E-state index contributed by atoms with van der Waals surface area (Å²) in [6.07, 6.45) is 2.17. The van der Waals surface area contributed by atoms with Gasteiger partial charge in [-0.1, -0.05) is 0 Å². The number of alkyl carbamates (subject to hydrolysis) is 1. The molecule has 1 aliphatic rings. The number of ether oxygens (including phenoxy) is 1. The molecule has 1 aromatic heterocycles. The molecule has 0 bridgehead atoms. The van der Waals surface area contributed by atoms with Crippen molar-refractivity contribution in [2.24, 2.45) is 4.99 Å². The highest BCUT2D eigenvalue weighted by Crippen LogP contribution is 2.18. The van der Waals surface area contributed by atoms with Crippen molar-refractivity contribution in [1.29, 1.82) is 0 Å². The van der Waals surface area contributed by atoms with Gasteiger partial charge < -0.3 is 24.7 Å². The number of nitrogens with one attached hydrogen (secondary N) is 2. The Morgan fingerprint density at radius 1 is 1.46 bits per heavy atom. The molecule has 1 amide bonds. The highest BCUT2D eigenvalue weighted by molar-refractivity contribution is 14.0. The Balaban J connectivity index is 0.00000392. The van der Waals surface area contributed by atoms with Gasteiger partial charge in [-0.3, -0.25) is 9.89 Å². The van der Waals surface area contributed by atoms with Crippen LogP contribution in [0.4, 0.5) is 4.79 Å². The number of nitrogens with zero attached hydrogens (tertiary/aromatic N) is 3. The highest BCUT2D eigenvalue weighted by Gasteiger charge is 2.28. The van der Waals surface area contributed by atoms with Crippen molar-refractivity contribution in [2.75, 3.05) is 40.8 Å². The lowest BCUT2D eigenvalue weighted by Gasteiger charge is -2.27. The van der Waals surface area contributed by atoms with Crippen molar-refractivity contribution >= 4 is 36.0 Å². The predicted molar refractivity (Wildman–Crippen MR) is 121 cm³/mol. The monoisotopic (exact) mass is 507 g/mol. The zero-order chi connectivity index (χ0) is 20.0. The average Bonchev–Trinajstić information content (AvgIpc) is 3.21. The average molecular weight is 507 g/mol. The van der Waals surface area contributed by atoms with Crippen LogP contribution in [-0.2, 0) is 4.74 Å². The molecule has 1 saturated heterocycles. The van der Waals surface area contributed by atoms with E-state index in [1.54, 1.807) is 13.3 Å². The summed E-state index contributed by atoms with van der Waals surface area (Å²) in [6, 6.07) is 4.03. The van der Waals surface area contributed by atoms with Gasteiger partial charge in [-0.05, 0) is 53.4 Å². The van der Waals surface area contributed by atoms with Gasteiger partial charge in [-0.25, -0.2) is 4.79 Å². The summed E-state index contributed by atoms with van der Waals surface area (Å²) < 4.78 is 10.9. The number of likely N-dealkylation sites (tertiary alicyclic amines) is 1. The van der Waals surface area contributed by atoms with Gasteiger partial charge >= 0.3 is 6.09 Å². The number of rotatable bonds is 5. The molecule has 0 spiro atoms. The topological polar surface area (TPSA) is 82.3 Å². The first-order valence-corrected chi connectivity index (χ1v) is 9.34. The summed E-state index contributed by atoms with van der Waals surface area (Å²) in [5.74, 6) is 1.73. The maximum atomic E-state index is 12.0. The van der Waals surface area contributed by atoms with Crippen molar-refractivity contribution in [2.45, 2.75) is 44.9 Å². The molecule has 1 fully saturated rings. The van der Waals surface area contributed by atoms with Crippen LogP contribution in [0.3, 0.4) is 0 Å². The quantitative estimate of drug-likeness (QED) is 0.363. The first-order chi connectivity index (χ1) is 12.7. The molecule has 1 aliphatic heterocycles. The van der Waals surface area contributed by atoms with Crippen LogP contribution in [0, 0.1) is 0 Å². The van der Waals surface area contributed by atoms with Crippen LogP contribution >= 0.6 is 24.0 Å². The zero-order valence-electron chi connectivity index (χ0n) is 17.7. The summed E-state index contributed by atoms with van der Waals surface area (Å²) in [5.41, 5.74) is -0.493. The largest absolute Gasteiger partial charge is 0.468 e. The number of amides is 1. The molecular weight excluding hydrogens is 473 g/mol. The van der Waals surface area contributed by atoms with E-state index in [1.165, 1.54) is 0 Å². The summed E-state index contributed by atoms with van der Waals surface area (Å²) in [7, 11) is 5.82. The van der Waals surface area contributed by atoms with Gasteiger partial charge in [0, 0.05) is 26.7 Å². The van der Waals surface area contributed by atoms with Crippen LogP contribution < -0.4 is 10.6 Å². The van der Waals surface area contributed by atoms with E-state index in [1.807, 2.05) is 47.0 Å². The molecule has 0 saturated carbocycles. The summed E-state index contributed by atoms with van der Waals surface area (Å²) >= 11 is 0. The number of hydrogen-bond acceptors (Lipinski definition) is 5. The smallest absolute Gasteiger partial charge is 0.407 e. The molecule has 1 aromatic rings. The molecule has 160 valence electrons. The minimum atomic E-state index is -0.493. The third-order valence-corrected chi connectivity index (χ3v) is 4.37. The van der Waals surface area contributed by atoms with Crippen molar-refractivity contribution in [3.05, 3.63) is 24.2 Å². The summed E-state index contributed by atoms with van der Waals surface area (Å²) in [4.78, 5) is 20.6. The number of aliphatic imine (C=N–C) groups is 1. The molecule has 2 N–H and O–H groups in total. The SMILES string of the molecule is CN=C(NCC(c1ccco1)N(C)C)N1CCC(NC(=O)OC(C)(C)C)C1.I. The number of guanidine groups is 1. The van der Waals surface area contributed by atoms with Crippen molar-refractivity contribution in [1.82, 2.24) is 20.4 Å².